The molecule has 0 saturated carbocycles. The highest BCUT2D eigenvalue weighted by molar-refractivity contribution is 9.10. The fourth-order valence-corrected chi connectivity index (χ4v) is 2.64. The number of nitrogens with zero attached hydrogens (tertiary/aromatic N) is 2. The summed E-state index contributed by atoms with van der Waals surface area (Å²) in [7, 11) is 0. The van der Waals surface area contributed by atoms with E-state index < -0.39 is 0 Å². The van der Waals surface area contributed by atoms with Crippen LogP contribution >= 0.6 is 15.9 Å². The van der Waals surface area contributed by atoms with Gasteiger partial charge in [0, 0.05) is 17.2 Å². The molecule has 0 aliphatic carbocycles. The summed E-state index contributed by atoms with van der Waals surface area (Å²) in [6, 6.07) is 10.7. The van der Waals surface area contributed by atoms with E-state index in [-0.39, 0.29) is 6.04 Å². The average Bonchev–Trinajstić information content (AvgIpc) is 2.88. The maximum Gasteiger partial charge on any atom is 0.0748 e. The molecule has 1 atom stereocenters. The smallest absolute Gasteiger partial charge is 0.0748 e. The minimum absolute atomic E-state index is 0.194. The fraction of sp³-hybridized carbons (Fsp3) is 0.400. The third kappa shape index (κ3) is 3.45. The van der Waals surface area contributed by atoms with Gasteiger partial charge in [-0.25, -0.2) is 0 Å². The van der Waals surface area contributed by atoms with Crippen LogP contribution in [0.15, 0.2) is 41.0 Å². The summed E-state index contributed by atoms with van der Waals surface area (Å²) in [4.78, 5) is 0. The number of aryl methyl sites for hydroxylation is 1. The topological polar surface area (TPSA) is 29.9 Å². The molecule has 102 valence electrons. The van der Waals surface area contributed by atoms with Gasteiger partial charge < -0.3 is 5.32 Å². The lowest BCUT2D eigenvalue weighted by Crippen LogP contribution is -2.25. The van der Waals surface area contributed by atoms with Gasteiger partial charge in [0.05, 0.1) is 11.7 Å². The lowest BCUT2D eigenvalue weighted by Gasteiger charge is -2.20. The van der Waals surface area contributed by atoms with E-state index in [2.05, 4.69) is 70.5 Å². The molecule has 0 spiro atoms. The maximum atomic E-state index is 4.38. The zero-order valence-electron chi connectivity index (χ0n) is 11.4. The van der Waals surface area contributed by atoms with Gasteiger partial charge in [0.1, 0.15) is 0 Å². The molecule has 3 nitrogen and oxygen atoms in total. The highest BCUT2D eigenvalue weighted by atomic mass is 79.9. The Labute approximate surface area is 123 Å². The number of aromatic nitrogens is 2. The SMILES string of the molecule is CCCNC(c1cccc(Br)c1)c1ccnn1CC. The predicted octanol–water partition coefficient (Wildman–Crippen LogP) is 3.75. The van der Waals surface area contributed by atoms with Crippen LogP contribution in [-0.2, 0) is 6.54 Å². The summed E-state index contributed by atoms with van der Waals surface area (Å²) in [6.45, 7) is 6.18. The van der Waals surface area contributed by atoms with Crippen molar-refractivity contribution in [1.82, 2.24) is 15.1 Å². The Hall–Kier alpha value is -1.13. The standard InChI is InChI=1S/C15H20BrN3/c1-3-9-17-15(12-6-5-7-13(16)11-12)14-8-10-18-19(14)4-2/h5-8,10-11,15,17H,3-4,9H2,1-2H3. The highest BCUT2D eigenvalue weighted by Gasteiger charge is 2.17. The lowest BCUT2D eigenvalue weighted by atomic mass is 10.0. The van der Waals surface area contributed by atoms with Crippen LogP contribution in [0.25, 0.3) is 0 Å². The van der Waals surface area contributed by atoms with Crippen molar-refractivity contribution in [2.45, 2.75) is 32.9 Å². The van der Waals surface area contributed by atoms with Gasteiger partial charge in [-0.1, -0.05) is 35.0 Å². The molecule has 1 aromatic carbocycles. The van der Waals surface area contributed by atoms with E-state index >= 15 is 0 Å². The number of halogens is 1. The zero-order valence-corrected chi connectivity index (χ0v) is 13.0. The Morgan fingerprint density at radius 2 is 2.16 bits per heavy atom. The monoisotopic (exact) mass is 321 g/mol. The van der Waals surface area contributed by atoms with Crippen molar-refractivity contribution in [3.63, 3.8) is 0 Å². The number of hydrogen-bond donors (Lipinski definition) is 1. The largest absolute Gasteiger partial charge is 0.305 e. The van der Waals surface area contributed by atoms with Gasteiger partial charge in [0.25, 0.3) is 0 Å². The minimum atomic E-state index is 0.194. The zero-order chi connectivity index (χ0) is 13.7. The van der Waals surface area contributed by atoms with Gasteiger partial charge in [0.2, 0.25) is 0 Å². The second-order valence-electron chi connectivity index (χ2n) is 4.51. The van der Waals surface area contributed by atoms with Crippen molar-refractivity contribution >= 4 is 15.9 Å². The molecule has 0 amide bonds. The molecular formula is C15H20BrN3. The summed E-state index contributed by atoms with van der Waals surface area (Å²) >= 11 is 3.55. The van der Waals surface area contributed by atoms with Crippen LogP contribution in [0, 0.1) is 0 Å². The van der Waals surface area contributed by atoms with E-state index in [0.29, 0.717) is 0 Å². The number of nitrogens with one attached hydrogen (secondary N) is 1. The number of benzene rings is 1. The molecular weight excluding hydrogens is 302 g/mol. The van der Waals surface area contributed by atoms with Crippen LogP contribution in [-0.4, -0.2) is 16.3 Å². The van der Waals surface area contributed by atoms with Gasteiger partial charge in [0.15, 0.2) is 0 Å². The van der Waals surface area contributed by atoms with E-state index in [0.717, 1.165) is 24.0 Å². The molecule has 1 N–H and O–H groups in total. The molecule has 2 aromatic rings. The van der Waals surface area contributed by atoms with E-state index in [1.807, 2.05) is 10.9 Å². The molecule has 1 heterocycles. The van der Waals surface area contributed by atoms with Crippen molar-refractivity contribution in [2.75, 3.05) is 6.54 Å². The maximum absolute atomic E-state index is 4.38. The molecule has 1 unspecified atom stereocenters. The summed E-state index contributed by atoms with van der Waals surface area (Å²) in [5.41, 5.74) is 2.48. The Bertz CT molecular complexity index is 522. The summed E-state index contributed by atoms with van der Waals surface area (Å²) in [5.74, 6) is 0. The molecule has 0 saturated heterocycles. The summed E-state index contributed by atoms with van der Waals surface area (Å²) < 4.78 is 3.16. The van der Waals surface area contributed by atoms with Crippen molar-refractivity contribution in [3.05, 3.63) is 52.3 Å². The molecule has 19 heavy (non-hydrogen) atoms. The number of rotatable bonds is 6. The molecule has 0 radical (unpaired) electrons. The number of hydrogen-bond acceptors (Lipinski definition) is 2. The van der Waals surface area contributed by atoms with E-state index in [4.69, 9.17) is 0 Å². The van der Waals surface area contributed by atoms with Crippen molar-refractivity contribution in [2.24, 2.45) is 0 Å². The molecule has 0 fully saturated rings. The quantitative estimate of drug-likeness (QED) is 0.878. The van der Waals surface area contributed by atoms with Crippen LogP contribution in [0.5, 0.6) is 0 Å². The molecule has 1 aromatic heterocycles. The van der Waals surface area contributed by atoms with E-state index in [1.165, 1.54) is 11.3 Å². The molecule has 4 heteroatoms. The third-order valence-electron chi connectivity index (χ3n) is 3.13. The first-order chi connectivity index (χ1) is 9.26. The molecule has 0 aliphatic heterocycles. The first-order valence-electron chi connectivity index (χ1n) is 6.76. The van der Waals surface area contributed by atoms with Gasteiger partial charge in [-0.3, -0.25) is 4.68 Å². The average molecular weight is 322 g/mol. The Balaban J connectivity index is 2.35. The van der Waals surface area contributed by atoms with Crippen LogP contribution in [0.2, 0.25) is 0 Å². The second kappa shape index (κ2) is 6.87. The van der Waals surface area contributed by atoms with Gasteiger partial charge in [-0.05, 0) is 43.7 Å². The van der Waals surface area contributed by atoms with Crippen molar-refractivity contribution < 1.29 is 0 Å². The van der Waals surface area contributed by atoms with Crippen LogP contribution < -0.4 is 5.32 Å². The summed E-state index contributed by atoms with van der Waals surface area (Å²) in [5, 5.41) is 7.98. The van der Waals surface area contributed by atoms with Crippen LogP contribution in [0.3, 0.4) is 0 Å². The van der Waals surface area contributed by atoms with Crippen LogP contribution in [0.1, 0.15) is 37.6 Å². The van der Waals surface area contributed by atoms with E-state index in [1.54, 1.807) is 0 Å². The fourth-order valence-electron chi connectivity index (χ4n) is 2.22. The van der Waals surface area contributed by atoms with Gasteiger partial charge in [-0.2, -0.15) is 5.10 Å². The predicted molar refractivity (Wildman–Crippen MR) is 82.2 cm³/mol. The minimum Gasteiger partial charge on any atom is -0.305 e. The highest BCUT2D eigenvalue weighted by Crippen LogP contribution is 2.24. The van der Waals surface area contributed by atoms with Gasteiger partial charge >= 0.3 is 0 Å². The van der Waals surface area contributed by atoms with Crippen molar-refractivity contribution in [1.29, 1.82) is 0 Å². The normalized spacial score (nSPS) is 12.6. The molecule has 0 bridgehead atoms. The van der Waals surface area contributed by atoms with E-state index in [9.17, 15) is 0 Å². The Morgan fingerprint density at radius 1 is 1.32 bits per heavy atom. The third-order valence-corrected chi connectivity index (χ3v) is 3.62. The Morgan fingerprint density at radius 3 is 2.84 bits per heavy atom. The first kappa shape index (κ1) is 14.3. The molecule has 2 rings (SSSR count). The summed E-state index contributed by atoms with van der Waals surface area (Å²) in [6.07, 6.45) is 2.99. The Kier molecular flexibility index (Phi) is 5.16. The van der Waals surface area contributed by atoms with Crippen LogP contribution in [0.4, 0.5) is 0 Å². The molecule has 0 aliphatic rings. The van der Waals surface area contributed by atoms with Gasteiger partial charge in [-0.15, -0.1) is 0 Å². The van der Waals surface area contributed by atoms with Crippen molar-refractivity contribution in [3.8, 4) is 0 Å². The second-order valence-corrected chi connectivity index (χ2v) is 5.43. The lowest BCUT2D eigenvalue weighted by molar-refractivity contribution is 0.529. The first-order valence-corrected chi connectivity index (χ1v) is 7.56.